The number of benzene rings is 5. The number of ether oxygens (including phenoxy) is 4. The van der Waals surface area contributed by atoms with Crippen molar-refractivity contribution in [2.45, 2.75) is 101 Å². The maximum absolute atomic E-state index is 13.2. The number of aliphatic hydroxyl groups is 8. The summed E-state index contributed by atoms with van der Waals surface area (Å²) in [7, 11) is 0. The Morgan fingerprint density at radius 2 is 0.486 bits per heavy atom. The molecule has 16 heteroatoms. The van der Waals surface area contributed by atoms with Crippen molar-refractivity contribution < 1.29 is 79.0 Å². The SMILES string of the molecule is O=C(OCCCCC(O)CO)c1cc(C(=O)OCCCCC(O)CO)cc(-c2ccc(-c3ccc(-c4ccc(-c5cc(C(=O)OCCCCC(O)CO)cc(C(=O)OCCCCC(O)CO)c5)cc4)cc3)cc2)c1. The maximum Gasteiger partial charge on any atom is 0.338 e. The van der Waals surface area contributed by atoms with Gasteiger partial charge < -0.3 is 59.8 Å². The Hall–Kier alpha value is -6.34. The van der Waals surface area contributed by atoms with E-state index in [4.69, 9.17) is 39.4 Å². The first kappa shape index (κ1) is 58.5. The molecule has 0 bridgehead atoms. The summed E-state index contributed by atoms with van der Waals surface area (Å²) in [6.45, 7) is -1.04. The van der Waals surface area contributed by atoms with Crippen LogP contribution in [-0.4, -0.2) is 142 Å². The van der Waals surface area contributed by atoms with Crippen LogP contribution in [0.3, 0.4) is 0 Å². The Morgan fingerprint density at radius 3 is 0.676 bits per heavy atom. The molecule has 0 aliphatic heterocycles. The Bertz CT molecular complexity index is 2230. The summed E-state index contributed by atoms with van der Waals surface area (Å²) in [5.74, 6) is -2.52. The van der Waals surface area contributed by atoms with Crippen molar-refractivity contribution in [3.8, 4) is 44.5 Å². The second-order valence-corrected chi connectivity index (χ2v) is 18.2. The summed E-state index contributed by atoms with van der Waals surface area (Å²) in [5.41, 5.74) is 6.96. The largest absolute Gasteiger partial charge is 0.462 e. The molecule has 4 unspecified atom stereocenters. The Labute approximate surface area is 431 Å². The van der Waals surface area contributed by atoms with Crippen LogP contribution in [0.1, 0.15) is 118 Å². The van der Waals surface area contributed by atoms with Crippen LogP contribution in [0.25, 0.3) is 44.5 Å². The molecule has 8 N–H and O–H groups in total. The molecule has 0 saturated heterocycles. The van der Waals surface area contributed by atoms with Gasteiger partial charge in [0.15, 0.2) is 0 Å². The van der Waals surface area contributed by atoms with Gasteiger partial charge in [-0.15, -0.1) is 0 Å². The molecule has 5 aromatic rings. The molecule has 0 aliphatic carbocycles. The molecule has 0 saturated carbocycles. The Kier molecular flexibility index (Phi) is 24.8. The third-order valence-corrected chi connectivity index (χ3v) is 12.3. The molecule has 0 aliphatic rings. The van der Waals surface area contributed by atoms with Gasteiger partial charge >= 0.3 is 23.9 Å². The second-order valence-electron chi connectivity index (χ2n) is 18.2. The minimum Gasteiger partial charge on any atom is -0.462 e. The zero-order valence-corrected chi connectivity index (χ0v) is 41.7. The van der Waals surface area contributed by atoms with Gasteiger partial charge in [0.05, 0.1) is 99.5 Å². The van der Waals surface area contributed by atoms with Gasteiger partial charge in [-0.1, -0.05) is 72.8 Å². The predicted molar refractivity (Wildman–Crippen MR) is 277 cm³/mol. The van der Waals surface area contributed by atoms with Gasteiger partial charge in [-0.2, -0.15) is 0 Å². The van der Waals surface area contributed by atoms with Gasteiger partial charge in [-0.05, 0) is 158 Å². The molecule has 5 rings (SSSR count). The van der Waals surface area contributed by atoms with Crippen LogP contribution in [0, 0.1) is 0 Å². The number of hydrogen-bond donors (Lipinski definition) is 8. The topological polar surface area (TPSA) is 267 Å². The minimum absolute atomic E-state index is 0.0843. The minimum atomic E-state index is -0.836. The van der Waals surface area contributed by atoms with Crippen molar-refractivity contribution in [3.05, 3.63) is 131 Å². The van der Waals surface area contributed by atoms with Crippen LogP contribution >= 0.6 is 0 Å². The van der Waals surface area contributed by atoms with Gasteiger partial charge in [0.1, 0.15) is 0 Å². The van der Waals surface area contributed by atoms with E-state index in [1.165, 1.54) is 12.1 Å². The van der Waals surface area contributed by atoms with Crippen LogP contribution in [0.5, 0.6) is 0 Å². The van der Waals surface area contributed by atoms with Crippen molar-refractivity contribution in [1.29, 1.82) is 0 Å². The molecule has 5 aromatic carbocycles. The van der Waals surface area contributed by atoms with E-state index < -0.39 is 48.3 Å². The molecule has 16 nitrogen and oxygen atoms in total. The standard InChI is InChI=1S/C58H70O16/c59-35-51(63)9-1-5-25-71-55(67)47-29-45(30-48(33-47)56(68)72-26-6-2-10-52(64)36-60)43-21-17-41(18-22-43)39-13-15-40(16-14-39)42-19-23-44(24-20-42)46-31-49(57(69)73-27-7-3-11-53(65)37-61)34-50(32-46)58(70)74-28-8-4-12-54(66)38-62/h13-24,29-34,51-54,59-66H,1-12,25-28,35-38H2. The normalized spacial score (nSPS) is 12.9. The van der Waals surface area contributed by atoms with Crippen LogP contribution in [-0.2, 0) is 18.9 Å². The van der Waals surface area contributed by atoms with Crippen LogP contribution in [0.2, 0.25) is 0 Å². The predicted octanol–water partition coefficient (Wildman–Crippen LogP) is 7.08. The molecule has 74 heavy (non-hydrogen) atoms. The molecule has 0 fully saturated rings. The number of carbonyl (C=O) groups is 4. The molecule has 0 spiro atoms. The van der Waals surface area contributed by atoms with Gasteiger partial charge in [0.2, 0.25) is 0 Å². The lowest BCUT2D eigenvalue weighted by Crippen LogP contribution is -2.13. The number of esters is 4. The summed E-state index contributed by atoms with van der Waals surface area (Å²) < 4.78 is 22.0. The fourth-order valence-corrected chi connectivity index (χ4v) is 7.91. The average Bonchev–Trinajstić information content (AvgIpc) is 3.43. The molecule has 0 aromatic heterocycles. The van der Waals surface area contributed by atoms with E-state index >= 15 is 0 Å². The van der Waals surface area contributed by atoms with Crippen molar-refractivity contribution >= 4 is 23.9 Å². The first-order chi connectivity index (χ1) is 35.8. The van der Waals surface area contributed by atoms with Crippen molar-refractivity contribution in [2.75, 3.05) is 52.9 Å². The van der Waals surface area contributed by atoms with Gasteiger partial charge in [0, 0.05) is 0 Å². The molecular weight excluding hydrogens is 953 g/mol. The van der Waals surface area contributed by atoms with Crippen molar-refractivity contribution in [1.82, 2.24) is 0 Å². The smallest absolute Gasteiger partial charge is 0.338 e. The summed E-state index contributed by atoms with van der Waals surface area (Å²) in [5, 5.41) is 74.7. The van der Waals surface area contributed by atoms with Gasteiger partial charge in [0.25, 0.3) is 0 Å². The lowest BCUT2D eigenvalue weighted by Gasteiger charge is -2.12. The van der Waals surface area contributed by atoms with Gasteiger partial charge in [-0.3, -0.25) is 0 Å². The monoisotopic (exact) mass is 1020 g/mol. The van der Waals surface area contributed by atoms with E-state index in [2.05, 4.69) is 0 Å². The fraction of sp³-hybridized carbons (Fsp3) is 0.414. The van der Waals surface area contributed by atoms with E-state index in [9.17, 15) is 39.6 Å². The maximum atomic E-state index is 13.2. The zero-order valence-electron chi connectivity index (χ0n) is 41.7. The van der Waals surface area contributed by atoms with E-state index in [-0.39, 0.29) is 75.1 Å². The Balaban J connectivity index is 1.29. The number of aliphatic hydroxyl groups excluding tert-OH is 8. The molecule has 0 amide bonds. The van der Waals surface area contributed by atoms with Crippen molar-refractivity contribution in [2.24, 2.45) is 0 Å². The quantitative estimate of drug-likeness (QED) is 0.0122. The Morgan fingerprint density at radius 1 is 0.297 bits per heavy atom. The lowest BCUT2D eigenvalue weighted by atomic mass is 9.95. The van der Waals surface area contributed by atoms with Crippen LogP contribution < -0.4 is 0 Å². The van der Waals surface area contributed by atoms with E-state index in [1.807, 2.05) is 72.8 Å². The lowest BCUT2D eigenvalue weighted by molar-refractivity contribution is 0.0464. The number of hydrogen-bond acceptors (Lipinski definition) is 16. The number of carbonyl (C=O) groups excluding carboxylic acids is 4. The second kappa shape index (κ2) is 31.4. The molecular formula is C58H70O16. The van der Waals surface area contributed by atoms with Crippen molar-refractivity contribution in [3.63, 3.8) is 0 Å². The molecule has 398 valence electrons. The average molecular weight is 1020 g/mol. The summed E-state index contributed by atoms with van der Waals surface area (Å²) in [6.07, 6.45) is 2.18. The molecule has 0 heterocycles. The van der Waals surface area contributed by atoms with E-state index in [0.717, 1.165) is 33.4 Å². The molecule has 0 radical (unpaired) electrons. The summed E-state index contributed by atoms with van der Waals surface area (Å²) in [6, 6.07) is 32.7. The highest BCUT2D eigenvalue weighted by Gasteiger charge is 2.19. The highest BCUT2D eigenvalue weighted by Crippen LogP contribution is 2.31. The highest BCUT2D eigenvalue weighted by atomic mass is 16.5. The van der Waals surface area contributed by atoms with E-state index in [0.29, 0.717) is 88.2 Å². The first-order valence-corrected chi connectivity index (χ1v) is 25.3. The summed E-state index contributed by atoms with van der Waals surface area (Å²) >= 11 is 0. The summed E-state index contributed by atoms with van der Waals surface area (Å²) in [4.78, 5) is 53.0. The van der Waals surface area contributed by atoms with E-state index in [1.54, 1.807) is 24.3 Å². The third-order valence-electron chi connectivity index (χ3n) is 12.3. The zero-order chi connectivity index (χ0) is 53.2. The fourth-order valence-electron chi connectivity index (χ4n) is 7.91. The third kappa shape index (κ3) is 19.2. The first-order valence-electron chi connectivity index (χ1n) is 25.3. The number of unbranched alkanes of at least 4 members (excludes halogenated alkanes) is 4. The highest BCUT2D eigenvalue weighted by molar-refractivity contribution is 5.99. The number of rotatable bonds is 32. The van der Waals surface area contributed by atoms with Gasteiger partial charge in [-0.25, -0.2) is 19.2 Å². The van der Waals surface area contributed by atoms with Crippen LogP contribution in [0.15, 0.2) is 109 Å². The molecule has 4 atom stereocenters. The van der Waals surface area contributed by atoms with Crippen LogP contribution in [0.4, 0.5) is 0 Å².